The smallest absolute Gasteiger partial charge is 0.272 e. The van der Waals surface area contributed by atoms with Gasteiger partial charge in [-0.2, -0.15) is 0 Å². The summed E-state index contributed by atoms with van der Waals surface area (Å²) in [6.45, 7) is 0.421. The minimum Gasteiger partial charge on any atom is -0.493 e. The van der Waals surface area contributed by atoms with Gasteiger partial charge in [0.2, 0.25) is 5.91 Å². The minimum absolute atomic E-state index is 0.0533. The number of aromatic nitrogens is 1. The van der Waals surface area contributed by atoms with Crippen LogP contribution in [0.5, 0.6) is 17.2 Å². The molecule has 1 aromatic heterocycles. The summed E-state index contributed by atoms with van der Waals surface area (Å²) in [5.74, 6) is 0.687. The summed E-state index contributed by atoms with van der Waals surface area (Å²) in [6.07, 6.45) is 1.61. The van der Waals surface area contributed by atoms with Gasteiger partial charge < -0.3 is 30.2 Å². The second kappa shape index (κ2) is 20.0. The van der Waals surface area contributed by atoms with Crippen LogP contribution in [0.25, 0.3) is 17.3 Å². The zero-order valence-corrected chi connectivity index (χ0v) is 34.3. The Morgan fingerprint density at radius 2 is 1.40 bits per heavy atom. The molecule has 1 heterocycles. The second-order valence-electron chi connectivity index (χ2n) is 13.2. The van der Waals surface area contributed by atoms with Crippen molar-refractivity contribution in [3.63, 3.8) is 0 Å². The van der Waals surface area contributed by atoms with Gasteiger partial charge in [0.05, 0.1) is 19.9 Å². The molecule has 3 N–H and O–H groups in total. The first-order valence-electron chi connectivity index (χ1n) is 18.8. The van der Waals surface area contributed by atoms with Gasteiger partial charge in [-0.25, -0.2) is 4.98 Å². The van der Waals surface area contributed by atoms with E-state index in [9.17, 15) is 14.4 Å². The molecule has 7 aromatic rings. The first kappa shape index (κ1) is 41.0. The van der Waals surface area contributed by atoms with Crippen molar-refractivity contribution in [2.24, 2.45) is 0 Å². The van der Waals surface area contributed by atoms with E-state index in [0.29, 0.717) is 51.5 Å². The summed E-state index contributed by atoms with van der Waals surface area (Å²) in [5.41, 5.74) is 5.03. The largest absolute Gasteiger partial charge is 0.493 e. The van der Waals surface area contributed by atoms with Crippen LogP contribution in [0, 0.1) is 0 Å². The van der Waals surface area contributed by atoms with Gasteiger partial charge >= 0.3 is 0 Å². The number of hydrogen-bond acceptors (Lipinski definition) is 9. The van der Waals surface area contributed by atoms with E-state index in [4.69, 9.17) is 14.2 Å². The van der Waals surface area contributed by atoms with Gasteiger partial charge in [0.1, 0.15) is 23.3 Å². The molecule has 7 rings (SSSR count). The molecule has 300 valence electrons. The highest BCUT2D eigenvalue weighted by Gasteiger charge is 2.24. The lowest BCUT2D eigenvalue weighted by Crippen LogP contribution is -2.30. The van der Waals surface area contributed by atoms with Crippen LogP contribution >= 0.6 is 23.1 Å². The van der Waals surface area contributed by atoms with E-state index in [2.05, 4.69) is 20.9 Å². The van der Waals surface area contributed by atoms with Crippen molar-refractivity contribution in [1.82, 2.24) is 10.3 Å². The second-order valence-corrected chi connectivity index (χ2v) is 15.2. The van der Waals surface area contributed by atoms with Crippen LogP contribution in [-0.2, 0) is 16.2 Å². The number of carbonyl (C=O) groups excluding carboxylic acids is 3. The summed E-state index contributed by atoms with van der Waals surface area (Å²) >= 11 is 2.70. The first-order valence-corrected chi connectivity index (χ1v) is 20.6. The number of methoxy groups -OCH3 is 2. The average Bonchev–Trinajstić information content (AvgIpc) is 3.77. The number of amides is 3. The molecule has 0 aliphatic heterocycles. The number of thioether (sulfide) groups is 1. The number of thiazole rings is 1. The molecule has 0 aliphatic carbocycles. The van der Waals surface area contributed by atoms with Crippen molar-refractivity contribution in [3.05, 3.63) is 191 Å². The molecule has 0 spiro atoms. The number of ether oxygens (including phenoxy) is 3. The predicted molar refractivity (Wildman–Crippen MR) is 238 cm³/mol. The molecule has 1 atom stereocenters. The van der Waals surface area contributed by atoms with Gasteiger partial charge in [0.25, 0.3) is 11.8 Å². The number of rotatable bonds is 16. The third-order valence-electron chi connectivity index (χ3n) is 9.09. The van der Waals surface area contributed by atoms with E-state index in [1.165, 1.54) is 23.1 Å². The van der Waals surface area contributed by atoms with E-state index in [-0.39, 0.29) is 11.6 Å². The van der Waals surface area contributed by atoms with E-state index < -0.39 is 17.1 Å². The molecular formula is C48H40N4O6S2. The summed E-state index contributed by atoms with van der Waals surface area (Å²) < 4.78 is 16.7. The fraction of sp³-hybridized carbons (Fsp3) is 0.0833. The third-order valence-corrected chi connectivity index (χ3v) is 11.1. The SMILES string of the molecule is COc1ccc(-c2csc(NC(=O)C(Sc3ccc(NC(=O)/C(=C/c4ccc(OCc5ccccc5)cc4)NC(=O)c4ccccc4)cc3)c3ccccc3)n2)cc1OC. The highest BCUT2D eigenvalue weighted by atomic mass is 32.2. The highest BCUT2D eigenvalue weighted by Crippen LogP contribution is 2.38. The zero-order chi connectivity index (χ0) is 41.7. The van der Waals surface area contributed by atoms with Crippen molar-refractivity contribution in [2.45, 2.75) is 16.8 Å². The van der Waals surface area contributed by atoms with Crippen LogP contribution in [0.3, 0.4) is 0 Å². The van der Waals surface area contributed by atoms with Crippen LogP contribution in [0.15, 0.2) is 174 Å². The lowest BCUT2D eigenvalue weighted by molar-refractivity contribution is -0.116. The minimum atomic E-state index is -0.613. The summed E-state index contributed by atoms with van der Waals surface area (Å²) in [6, 6.07) is 48.1. The summed E-state index contributed by atoms with van der Waals surface area (Å²) in [4.78, 5) is 46.4. The first-order chi connectivity index (χ1) is 29.3. The Morgan fingerprint density at radius 1 is 0.733 bits per heavy atom. The summed E-state index contributed by atoms with van der Waals surface area (Å²) in [7, 11) is 3.16. The Bertz CT molecular complexity index is 2570. The maximum atomic E-state index is 13.9. The molecule has 10 nitrogen and oxygen atoms in total. The Hall–Kier alpha value is -7.15. The Morgan fingerprint density at radius 3 is 2.08 bits per heavy atom. The molecule has 60 heavy (non-hydrogen) atoms. The Balaban J connectivity index is 1.04. The number of nitrogens with zero attached hydrogens (tertiary/aromatic N) is 1. The van der Waals surface area contributed by atoms with Crippen LogP contribution in [0.1, 0.15) is 32.3 Å². The quantitative estimate of drug-likeness (QED) is 0.0649. The van der Waals surface area contributed by atoms with Gasteiger partial charge in [-0.3, -0.25) is 14.4 Å². The average molecular weight is 833 g/mol. The lowest BCUT2D eigenvalue weighted by atomic mass is 10.1. The van der Waals surface area contributed by atoms with Crippen LogP contribution in [0.2, 0.25) is 0 Å². The molecule has 3 amide bonds. The van der Waals surface area contributed by atoms with E-state index in [1.54, 1.807) is 56.7 Å². The van der Waals surface area contributed by atoms with Gasteiger partial charge in [-0.05, 0) is 89.5 Å². The molecule has 0 bridgehead atoms. The van der Waals surface area contributed by atoms with Crippen molar-refractivity contribution in [1.29, 1.82) is 0 Å². The van der Waals surface area contributed by atoms with Crippen molar-refractivity contribution in [2.75, 3.05) is 24.9 Å². The van der Waals surface area contributed by atoms with Crippen LogP contribution in [0.4, 0.5) is 10.8 Å². The number of carbonyl (C=O) groups is 3. The molecule has 12 heteroatoms. The van der Waals surface area contributed by atoms with Gasteiger partial charge in [-0.15, -0.1) is 23.1 Å². The fourth-order valence-corrected chi connectivity index (χ4v) is 7.74. The molecule has 0 fully saturated rings. The number of hydrogen-bond donors (Lipinski definition) is 3. The highest BCUT2D eigenvalue weighted by molar-refractivity contribution is 8.00. The van der Waals surface area contributed by atoms with E-state index in [1.807, 2.05) is 127 Å². The molecule has 6 aromatic carbocycles. The fourth-order valence-electron chi connectivity index (χ4n) is 5.99. The molecular weight excluding hydrogens is 793 g/mol. The summed E-state index contributed by atoms with van der Waals surface area (Å²) in [5, 5.41) is 10.4. The molecule has 1 unspecified atom stereocenters. The van der Waals surface area contributed by atoms with Crippen molar-refractivity contribution in [3.8, 4) is 28.5 Å². The third kappa shape index (κ3) is 10.9. The van der Waals surface area contributed by atoms with Crippen LogP contribution in [-0.4, -0.2) is 36.9 Å². The van der Waals surface area contributed by atoms with E-state index in [0.717, 1.165) is 21.6 Å². The normalized spacial score (nSPS) is 11.5. The standard InChI is InChI=1S/C48H40N4O6S2/c1-56-42-27-20-36(29-43(42)57-2)41-31-59-48(51-41)52-47(55)44(34-14-8-4-9-15-34)60-39-25-21-37(22-26-39)49-46(54)40(50-45(53)35-16-10-5-11-17-35)28-32-18-23-38(24-19-32)58-30-33-12-6-3-7-13-33/h3-29,31,44H,30H2,1-2H3,(H,49,54)(H,50,53)(H,51,52,55)/b40-28-. The van der Waals surface area contributed by atoms with Gasteiger partial charge in [-0.1, -0.05) is 91.0 Å². The Labute approximate surface area is 356 Å². The Kier molecular flexibility index (Phi) is 13.7. The van der Waals surface area contributed by atoms with Crippen LogP contribution < -0.4 is 30.2 Å². The maximum absolute atomic E-state index is 13.9. The number of anilines is 2. The monoisotopic (exact) mass is 832 g/mol. The lowest BCUT2D eigenvalue weighted by Gasteiger charge is -2.17. The van der Waals surface area contributed by atoms with Crippen molar-refractivity contribution < 1.29 is 28.6 Å². The number of benzene rings is 6. The molecule has 0 saturated heterocycles. The zero-order valence-electron chi connectivity index (χ0n) is 32.7. The topological polar surface area (TPSA) is 128 Å². The maximum Gasteiger partial charge on any atom is 0.272 e. The van der Waals surface area contributed by atoms with Gasteiger partial charge in [0.15, 0.2) is 16.6 Å². The molecule has 0 aliphatic rings. The van der Waals surface area contributed by atoms with Crippen molar-refractivity contribution >= 4 is 57.7 Å². The van der Waals surface area contributed by atoms with E-state index >= 15 is 0 Å². The molecule has 0 saturated carbocycles. The van der Waals surface area contributed by atoms with Gasteiger partial charge in [0, 0.05) is 27.1 Å². The number of nitrogens with one attached hydrogen (secondary N) is 3. The predicted octanol–water partition coefficient (Wildman–Crippen LogP) is 10.3. The molecule has 0 radical (unpaired) electrons.